The largest absolute Gasteiger partial charge is 1.00 e. The monoisotopic (exact) mass is 586 g/mol. The number of nitro groups is 1. The molecule has 2 atom stereocenters. The number of quaternary nitrogens is 1. The second-order valence-electron chi connectivity index (χ2n) is 8.57. The van der Waals surface area contributed by atoms with Gasteiger partial charge in [0, 0.05) is 23.1 Å². The van der Waals surface area contributed by atoms with Gasteiger partial charge in [0.2, 0.25) is 0 Å². The Morgan fingerprint density at radius 2 is 1.91 bits per heavy atom. The van der Waals surface area contributed by atoms with E-state index >= 15 is 0 Å². The highest BCUT2D eigenvalue weighted by Crippen LogP contribution is 2.38. The molecule has 1 aromatic carbocycles. The average molecular weight is 586 g/mol. The van der Waals surface area contributed by atoms with Crippen molar-refractivity contribution in [2.45, 2.75) is 25.8 Å². The van der Waals surface area contributed by atoms with Crippen molar-refractivity contribution < 1.29 is 52.1 Å². The molecule has 0 N–H and O–H groups in total. The van der Waals surface area contributed by atoms with Crippen molar-refractivity contribution in [3.63, 3.8) is 0 Å². The van der Waals surface area contributed by atoms with Crippen molar-refractivity contribution in [1.82, 2.24) is 0 Å². The van der Waals surface area contributed by atoms with E-state index in [4.69, 9.17) is 13.9 Å². The maximum Gasteiger partial charge on any atom is 0.433 e. The number of benzene rings is 1. The smallest absolute Gasteiger partial charge is 0.433 e. The Hall–Kier alpha value is -2.18. The number of likely N-dealkylation sites (tertiary alicyclic amines) is 1. The van der Waals surface area contributed by atoms with Crippen LogP contribution in [0.5, 0.6) is 11.5 Å². The number of furan rings is 1. The quantitative estimate of drug-likeness (QED) is 0.139. The van der Waals surface area contributed by atoms with Crippen LogP contribution in [-0.2, 0) is 6.54 Å². The Labute approximate surface area is 213 Å². The number of Topliss-reactive ketones (excluding diaryl/α,β-unsaturated/α-hetero) is 1. The van der Waals surface area contributed by atoms with Crippen molar-refractivity contribution >= 4 is 33.1 Å². The van der Waals surface area contributed by atoms with E-state index in [1.807, 2.05) is 18.2 Å². The van der Waals surface area contributed by atoms with Crippen molar-refractivity contribution in [3.05, 3.63) is 51.1 Å². The predicted octanol–water partition coefficient (Wildman–Crippen LogP) is 2.05. The zero-order valence-corrected chi connectivity index (χ0v) is 21.8. The van der Waals surface area contributed by atoms with Crippen molar-refractivity contribution in [3.8, 4) is 11.5 Å². The Bertz CT molecular complexity index is 1120. The molecule has 178 valence electrons. The number of thiophene rings is 1. The second kappa shape index (κ2) is 10.4. The van der Waals surface area contributed by atoms with E-state index in [9.17, 15) is 14.9 Å². The lowest BCUT2D eigenvalue weighted by molar-refractivity contribution is -0.922. The molecule has 0 amide bonds. The van der Waals surface area contributed by atoms with E-state index in [0.29, 0.717) is 28.3 Å². The SMILES string of the molecule is COc1cc2cc(C(=O)C3CCC[N+](C)(Cc4ccc([N+](=O)[O-])o4)CC3)sc2cc1OC.[I-]. The van der Waals surface area contributed by atoms with Crippen LogP contribution < -0.4 is 33.5 Å². The molecule has 8 nitrogen and oxygen atoms in total. The molecule has 3 heterocycles. The maximum atomic E-state index is 13.3. The molecule has 0 aliphatic carbocycles. The summed E-state index contributed by atoms with van der Waals surface area (Å²) in [5, 5.41) is 11.9. The van der Waals surface area contributed by atoms with Gasteiger partial charge in [0.1, 0.15) is 11.5 Å². The molecular weight excluding hydrogens is 559 g/mol. The summed E-state index contributed by atoms with van der Waals surface area (Å²) < 4.78 is 17.8. The van der Waals surface area contributed by atoms with Crippen LogP contribution >= 0.6 is 11.3 Å². The standard InChI is InChI=1S/C23H27N2O6S.HI/c1-25(14-17-6-7-22(31-17)24(27)28)9-4-5-15(8-10-25)23(26)21-12-16-11-18(29-2)19(30-3)13-20(16)32-21;/h6-7,11-13,15H,4-5,8-10,14H2,1-3H3;1H/q+1;/p-1. The number of hydrogen-bond acceptors (Lipinski definition) is 7. The molecule has 0 bridgehead atoms. The number of nitrogens with zero attached hydrogens (tertiary/aromatic N) is 2. The Morgan fingerprint density at radius 1 is 1.18 bits per heavy atom. The summed E-state index contributed by atoms with van der Waals surface area (Å²) in [7, 11) is 5.33. The lowest BCUT2D eigenvalue weighted by Gasteiger charge is -2.32. The van der Waals surface area contributed by atoms with Gasteiger partial charge in [0.25, 0.3) is 0 Å². The molecule has 0 spiro atoms. The molecular formula is C23H27IN2O6S. The third kappa shape index (κ3) is 5.49. The van der Waals surface area contributed by atoms with Crippen LogP contribution in [0.4, 0.5) is 5.88 Å². The highest BCUT2D eigenvalue weighted by atomic mass is 127. The third-order valence-corrected chi connectivity index (χ3v) is 7.38. The van der Waals surface area contributed by atoms with E-state index < -0.39 is 4.92 Å². The van der Waals surface area contributed by atoms with Gasteiger partial charge in [-0.1, -0.05) is 0 Å². The van der Waals surface area contributed by atoms with Gasteiger partial charge in [-0.25, -0.2) is 0 Å². The van der Waals surface area contributed by atoms with Gasteiger partial charge in [0.15, 0.2) is 23.0 Å². The van der Waals surface area contributed by atoms with Crippen LogP contribution in [0.25, 0.3) is 10.1 Å². The summed E-state index contributed by atoms with van der Waals surface area (Å²) in [5.41, 5.74) is 0. The number of ether oxygens (including phenoxy) is 2. The zero-order valence-electron chi connectivity index (χ0n) is 18.8. The van der Waals surface area contributed by atoms with Gasteiger partial charge in [-0.3, -0.25) is 14.9 Å². The number of halogens is 1. The van der Waals surface area contributed by atoms with E-state index in [1.54, 1.807) is 20.3 Å². The first kappa shape index (κ1) is 25.4. The molecule has 0 saturated carbocycles. The van der Waals surface area contributed by atoms with Crippen molar-refractivity contribution in [2.75, 3.05) is 34.4 Å². The number of methoxy groups -OCH3 is 2. The number of hydrogen-bond donors (Lipinski definition) is 0. The number of carbonyl (C=O) groups excluding carboxylic acids is 1. The molecule has 2 aromatic heterocycles. The van der Waals surface area contributed by atoms with Crippen molar-refractivity contribution in [1.29, 1.82) is 0 Å². The van der Waals surface area contributed by atoms with Gasteiger partial charge >= 0.3 is 5.88 Å². The summed E-state index contributed by atoms with van der Waals surface area (Å²) in [4.78, 5) is 24.5. The van der Waals surface area contributed by atoms with Crippen LogP contribution in [0.3, 0.4) is 0 Å². The molecule has 0 radical (unpaired) electrons. The summed E-state index contributed by atoms with van der Waals surface area (Å²) in [6, 6.07) is 8.85. The van der Waals surface area contributed by atoms with Crippen LogP contribution in [0.15, 0.2) is 34.7 Å². The van der Waals surface area contributed by atoms with E-state index in [2.05, 4.69) is 7.05 Å². The Balaban J connectivity index is 0.00000306. The number of fused-ring (bicyclic) bond motifs is 1. The normalized spacial score (nSPS) is 20.6. The minimum absolute atomic E-state index is 0. The predicted molar refractivity (Wildman–Crippen MR) is 122 cm³/mol. The summed E-state index contributed by atoms with van der Waals surface area (Å²) in [5.74, 6) is 1.84. The minimum atomic E-state index is -0.517. The van der Waals surface area contributed by atoms with E-state index in [0.717, 1.165) is 47.3 Å². The fourth-order valence-corrected chi connectivity index (χ4v) is 5.57. The van der Waals surface area contributed by atoms with Crippen molar-refractivity contribution in [2.24, 2.45) is 5.92 Å². The molecule has 1 aliphatic heterocycles. The van der Waals surface area contributed by atoms with Gasteiger partial charge in [-0.05, 0) is 36.4 Å². The third-order valence-electron chi connectivity index (χ3n) is 6.27. The fourth-order valence-electron chi connectivity index (χ4n) is 4.48. The lowest BCUT2D eigenvalue weighted by Crippen LogP contribution is -3.00. The topological polar surface area (TPSA) is 91.8 Å². The first-order chi connectivity index (χ1) is 15.3. The van der Waals surface area contributed by atoms with E-state index in [1.165, 1.54) is 17.4 Å². The Kier molecular flexibility index (Phi) is 8.01. The molecule has 2 unspecified atom stereocenters. The second-order valence-corrected chi connectivity index (χ2v) is 9.65. The highest BCUT2D eigenvalue weighted by Gasteiger charge is 2.33. The van der Waals surface area contributed by atoms with Gasteiger partial charge in [-0.2, -0.15) is 0 Å². The molecule has 1 saturated heterocycles. The number of ketones is 1. The molecule has 1 aliphatic rings. The first-order valence-corrected chi connectivity index (χ1v) is 11.4. The van der Waals surface area contributed by atoms with Crippen LogP contribution in [0.1, 0.15) is 34.7 Å². The summed E-state index contributed by atoms with van der Waals surface area (Å²) in [6.07, 6.45) is 2.53. The van der Waals surface area contributed by atoms with Crippen LogP contribution in [-0.4, -0.2) is 49.5 Å². The van der Waals surface area contributed by atoms with Gasteiger partial charge < -0.3 is 42.4 Å². The molecule has 1 fully saturated rings. The van der Waals surface area contributed by atoms with E-state index in [-0.39, 0.29) is 41.6 Å². The molecule has 4 rings (SSSR count). The van der Waals surface area contributed by atoms with Crippen LogP contribution in [0.2, 0.25) is 0 Å². The number of rotatable bonds is 7. The molecule has 3 aromatic rings. The van der Waals surface area contributed by atoms with Gasteiger partial charge in [0.05, 0.1) is 45.3 Å². The average Bonchev–Trinajstić information content (AvgIpc) is 3.36. The summed E-state index contributed by atoms with van der Waals surface area (Å²) >= 11 is 1.49. The molecule has 33 heavy (non-hydrogen) atoms. The minimum Gasteiger partial charge on any atom is -1.00 e. The first-order valence-electron chi connectivity index (χ1n) is 10.6. The highest BCUT2D eigenvalue weighted by molar-refractivity contribution is 7.20. The maximum absolute atomic E-state index is 13.3. The fraction of sp³-hybridized carbons (Fsp3) is 0.435. The number of carbonyl (C=O) groups is 1. The summed E-state index contributed by atoms with van der Waals surface area (Å²) in [6.45, 7) is 2.30. The van der Waals surface area contributed by atoms with Gasteiger partial charge in [-0.15, -0.1) is 11.3 Å². The molecule has 10 heteroatoms. The Morgan fingerprint density at radius 3 is 2.58 bits per heavy atom. The van der Waals surface area contributed by atoms with Crippen LogP contribution in [0, 0.1) is 16.0 Å². The zero-order chi connectivity index (χ0) is 22.9. The lowest BCUT2D eigenvalue weighted by atomic mass is 9.94.